The molecule has 116 valence electrons. The number of carbonyl (C=O) groups excluding carboxylic acids is 2. The van der Waals surface area contributed by atoms with Crippen molar-refractivity contribution in [2.45, 2.75) is 0 Å². The fourth-order valence-corrected chi connectivity index (χ4v) is 2.74. The van der Waals surface area contributed by atoms with E-state index in [0.29, 0.717) is 10.5 Å². The first-order valence-corrected chi connectivity index (χ1v) is 7.12. The van der Waals surface area contributed by atoms with Crippen LogP contribution in [-0.4, -0.2) is 48.6 Å². The van der Waals surface area contributed by atoms with Crippen molar-refractivity contribution in [3.8, 4) is 0 Å². The molecule has 0 atom stereocenters. The normalized spacial score (nSPS) is 16.1. The van der Waals surface area contributed by atoms with Gasteiger partial charge in [0, 0.05) is 18.6 Å². The van der Waals surface area contributed by atoms with Gasteiger partial charge < -0.3 is 15.3 Å². The van der Waals surface area contributed by atoms with Gasteiger partial charge in [-0.2, -0.15) is 0 Å². The molecule has 0 radical (unpaired) electrons. The summed E-state index contributed by atoms with van der Waals surface area (Å²) in [5.41, 5.74) is 1.73. The number of carboxylic acid groups (broad SMARTS) is 1. The van der Waals surface area contributed by atoms with Gasteiger partial charge in [-0.25, -0.2) is 9.69 Å². The maximum absolute atomic E-state index is 12.0. The molecule has 0 aromatic heterocycles. The number of rotatable bonds is 4. The number of nitrogens with zero attached hydrogens (tertiary/aromatic N) is 2. The highest BCUT2D eigenvalue weighted by molar-refractivity contribution is 9.10. The van der Waals surface area contributed by atoms with Crippen molar-refractivity contribution < 1.29 is 19.5 Å². The van der Waals surface area contributed by atoms with E-state index in [-0.39, 0.29) is 5.70 Å². The van der Waals surface area contributed by atoms with E-state index < -0.39 is 24.5 Å². The van der Waals surface area contributed by atoms with Crippen molar-refractivity contribution >= 4 is 45.6 Å². The van der Waals surface area contributed by atoms with Gasteiger partial charge in [0.2, 0.25) is 0 Å². The van der Waals surface area contributed by atoms with Crippen LogP contribution in [0, 0.1) is 0 Å². The lowest BCUT2D eigenvalue weighted by Gasteiger charge is -2.14. The first-order chi connectivity index (χ1) is 10.3. The quantitative estimate of drug-likeness (QED) is 0.621. The topological polar surface area (TPSA) is 90.0 Å². The minimum atomic E-state index is -1.25. The molecule has 7 nitrogen and oxygen atoms in total. The zero-order chi connectivity index (χ0) is 16.4. The summed E-state index contributed by atoms with van der Waals surface area (Å²) in [5.74, 6) is -1.90. The molecule has 2 N–H and O–H groups in total. The summed E-state index contributed by atoms with van der Waals surface area (Å²) in [6, 6.07) is 4.74. The molecule has 1 aromatic rings. The molecule has 3 amide bonds. The van der Waals surface area contributed by atoms with E-state index in [9.17, 15) is 14.4 Å². The lowest BCUT2D eigenvalue weighted by molar-refractivity contribution is -0.140. The van der Waals surface area contributed by atoms with Crippen LogP contribution >= 0.6 is 15.9 Å². The molecular weight excluding hydrogens is 354 g/mol. The van der Waals surface area contributed by atoms with Crippen molar-refractivity contribution in [3.63, 3.8) is 0 Å². The van der Waals surface area contributed by atoms with Gasteiger partial charge in [0.15, 0.2) is 0 Å². The molecule has 0 saturated carbocycles. The summed E-state index contributed by atoms with van der Waals surface area (Å²) in [6.07, 6.45) is 1.51. The van der Waals surface area contributed by atoms with Gasteiger partial charge >= 0.3 is 12.0 Å². The van der Waals surface area contributed by atoms with Gasteiger partial charge in [0.05, 0.1) is 5.69 Å². The van der Waals surface area contributed by atoms with E-state index in [4.69, 9.17) is 5.11 Å². The maximum atomic E-state index is 12.0. The van der Waals surface area contributed by atoms with E-state index in [1.165, 1.54) is 6.08 Å². The standard InChI is InChI=1S/C14H14BrN3O4/c1-17(2)11-4-3-8(5-9(11)15)6-10-13(21)18(7-12(19)20)14(22)16-10/h3-6H,7H2,1-2H3,(H,16,22)(H,19,20)/b10-6+. The van der Waals surface area contributed by atoms with Gasteiger partial charge in [-0.3, -0.25) is 9.59 Å². The summed E-state index contributed by atoms with van der Waals surface area (Å²) in [6.45, 7) is -0.661. The van der Waals surface area contributed by atoms with Crippen LogP contribution < -0.4 is 10.2 Å². The summed E-state index contributed by atoms with van der Waals surface area (Å²) in [7, 11) is 3.81. The highest BCUT2D eigenvalue weighted by atomic mass is 79.9. The van der Waals surface area contributed by atoms with Crippen molar-refractivity contribution in [3.05, 3.63) is 33.9 Å². The summed E-state index contributed by atoms with van der Waals surface area (Å²) >= 11 is 3.44. The maximum Gasteiger partial charge on any atom is 0.329 e. The molecule has 1 saturated heterocycles. The lowest BCUT2D eigenvalue weighted by atomic mass is 10.1. The molecule has 1 aromatic carbocycles. The number of benzene rings is 1. The Hall–Kier alpha value is -2.35. The Morgan fingerprint density at radius 3 is 2.64 bits per heavy atom. The first-order valence-electron chi connectivity index (χ1n) is 6.33. The Morgan fingerprint density at radius 1 is 1.41 bits per heavy atom. The van der Waals surface area contributed by atoms with Gasteiger partial charge in [-0.05, 0) is 39.7 Å². The molecule has 1 aliphatic heterocycles. The lowest BCUT2D eigenvalue weighted by Crippen LogP contribution is -2.35. The van der Waals surface area contributed by atoms with Crippen LogP contribution in [0.4, 0.5) is 10.5 Å². The number of hydrogen-bond donors (Lipinski definition) is 2. The molecule has 1 aliphatic rings. The Morgan fingerprint density at radius 2 is 2.09 bits per heavy atom. The second-order valence-corrected chi connectivity index (χ2v) is 5.73. The molecule has 1 fully saturated rings. The number of urea groups is 1. The smallest absolute Gasteiger partial charge is 0.329 e. The predicted molar refractivity (Wildman–Crippen MR) is 84.3 cm³/mol. The second kappa shape index (κ2) is 6.18. The van der Waals surface area contributed by atoms with E-state index >= 15 is 0 Å². The SMILES string of the molecule is CN(C)c1ccc(/C=C2/NC(=O)N(CC(=O)O)C2=O)cc1Br. The van der Waals surface area contributed by atoms with Crippen molar-refractivity contribution in [2.24, 2.45) is 0 Å². The van der Waals surface area contributed by atoms with Crippen LogP contribution in [0.2, 0.25) is 0 Å². The van der Waals surface area contributed by atoms with Crippen LogP contribution in [0.25, 0.3) is 6.08 Å². The van der Waals surface area contributed by atoms with Crippen LogP contribution in [0.3, 0.4) is 0 Å². The monoisotopic (exact) mass is 367 g/mol. The molecule has 2 rings (SSSR count). The number of anilines is 1. The number of hydrogen-bond acceptors (Lipinski definition) is 4. The van der Waals surface area contributed by atoms with Crippen molar-refractivity contribution in [1.29, 1.82) is 0 Å². The molecular formula is C14H14BrN3O4. The number of carbonyl (C=O) groups is 3. The highest BCUT2D eigenvalue weighted by Crippen LogP contribution is 2.27. The number of imide groups is 1. The van der Waals surface area contributed by atoms with Gasteiger partial charge in [-0.15, -0.1) is 0 Å². The Labute approximate surface area is 135 Å². The number of nitrogens with one attached hydrogen (secondary N) is 1. The number of halogens is 1. The summed E-state index contributed by atoms with van der Waals surface area (Å²) in [4.78, 5) is 36.8. The Balaban J connectivity index is 2.27. The number of carboxylic acids is 1. The first kappa shape index (κ1) is 16.0. The number of amides is 3. The van der Waals surface area contributed by atoms with Crippen LogP contribution in [0.15, 0.2) is 28.4 Å². The molecule has 1 heterocycles. The molecule has 8 heteroatoms. The minimum Gasteiger partial charge on any atom is -0.480 e. The highest BCUT2D eigenvalue weighted by Gasteiger charge is 2.34. The third-order valence-electron chi connectivity index (χ3n) is 3.02. The van der Waals surface area contributed by atoms with Crippen molar-refractivity contribution in [1.82, 2.24) is 10.2 Å². The van der Waals surface area contributed by atoms with Gasteiger partial charge in [0.25, 0.3) is 5.91 Å². The van der Waals surface area contributed by atoms with Gasteiger partial charge in [-0.1, -0.05) is 6.07 Å². The zero-order valence-corrected chi connectivity index (χ0v) is 13.5. The molecule has 0 spiro atoms. The van der Waals surface area contributed by atoms with E-state index in [1.807, 2.05) is 31.1 Å². The van der Waals surface area contributed by atoms with Crippen molar-refractivity contribution in [2.75, 3.05) is 25.5 Å². The molecule has 0 bridgehead atoms. The predicted octanol–water partition coefficient (Wildman–Crippen LogP) is 1.49. The second-order valence-electron chi connectivity index (χ2n) is 4.88. The van der Waals surface area contributed by atoms with Crippen LogP contribution in [0.1, 0.15) is 5.56 Å². The number of aliphatic carboxylic acids is 1. The van der Waals surface area contributed by atoms with Crippen LogP contribution in [0.5, 0.6) is 0 Å². The van der Waals surface area contributed by atoms with E-state index in [2.05, 4.69) is 21.2 Å². The minimum absolute atomic E-state index is 0.0516. The average molecular weight is 368 g/mol. The van der Waals surface area contributed by atoms with E-state index in [1.54, 1.807) is 6.07 Å². The zero-order valence-electron chi connectivity index (χ0n) is 12.0. The largest absolute Gasteiger partial charge is 0.480 e. The third-order valence-corrected chi connectivity index (χ3v) is 3.66. The van der Waals surface area contributed by atoms with Crippen LogP contribution in [-0.2, 0) is 9.59 Å². The Kier molecular flexibility index (Phi) is 4.51. The fraction of sp³-hybridized carbons (Fsp3) is 0.214. The molecule has 22 heavy (non-hydrogen) atoms. The summed E-state index contributed by atoms with van der Waals surface area (Å²) < 4.78 is 0.839. The molecule has 0 aliphatic carbocycles. The molecule has 0 unspecified atom stereocenters. The third kappa shape index (κ3) is 3.28. The average Bonchev–Trinajstić information content (AvgIpc) is 2.66. The van der Waals surface area contributed by atoms with Gasteiger partial charge in [0.1, 0.15) is 12.2 Å². The van der Waals surface area contributed by atoms with E-state index in [0.717, 1.165) is 10.2 Å². The Bertz CT molecular complexity index is 685. The summed E-state index contributed by atoms with van der Waals surface area (Å²) in [5, 5.41) is 11.1. The fourth-order valence-electron chi connectivity index (χ4n) is 1.99.